The first-order valence-corrected chi connectivity index (χ1v) is 8.84. The Morgan fingerprint density at radius 2 is 2.11 bits per heavy atom. The Kier molecular flexibility index (Phi) is 6.46. The molecule has 0 N–H and O–H groups in total. The molecule has 144 valence electrons. The summed E-state index contributed by atoms with van der Waals surface area (Å²) in [5, 5.41) is 0.632. The van der Waals surface area contributed by atoms with Crippen molar-refractivity contribution in [2.24, 2.45) is 0 Å². The highest BCUT2D eigenvalue weighted by molar-refractivity contribution is 6.34. The molecule has 0 bridgehead atoms. The molecule has 0 amide bonds. The summed E-state index contributed by atoms with van der Waals surface area (Å²) in [6.45, 7) is -2.14. The molecule has 1 aliphatic rings. The number of carbonyl (C=O) groups is 1. The molecule has 2 heterocycles. The second kappa shape index (κ2) is 8.82. The quantitative estimate of drug-likeness (QED) is 0.616. The van der Waals surface area contributed by atoms with Crippen molar-refractivity contribution < 1.29 is 27.8 Å². The second-order valence-electron chi connectivity index (χ2n) is 5.83. The van der Waals surface area contributed by atoms with Gasteiger partial charge in [0.1, 0.15) is 6.10 Å². The third-order valence-corrected chi connectivity index (χ3v) is 4.41. The van der Waals surface area contributed by atoms with Crippen molar-refractivity contribution in [1.29, 1.82) is 0 Å². The van der Waals surface area contributed by atoms with Crippen LogP contribution in [0.5, 0.6) is 11.5 Å². The third kappa shape index (κ3) is 5.28. The molecule has 0 aliphatic carbocycles. The zero-order valence-corrected chi connectivity index (χ0v) is 15.5. The Hall–Kier alpha value is -1.96. The van der Waals surface area contributed by atoms with E-state index < -0.39 is 6.61 Å². The summed E-state index contributed by atoms with van der Waals surface area (Å²) < 4.78 is 40.7. The van der Waals surface area contributed by atoms with Crippen molar-refractivity contribution in [1.82, 2.24) is 4.98 Å². The van der Waals surface area contributed by atoms with Gasteiger partial charge in [0.2, 0.25) is 0 Å². The molecule has 0 spiro atoms. The van der Waals surface area contributed by atoms with E-state index in [0.717, 1.165) is 0 Å². The highest BCUT2D eigenvalue weighted by atomic mass is 35.5. The van der Waals surface area contributed by atoms with Crippen LogP contribution in [0.1, 0.15) is 22.5 Å². The topological polar surface area (TPSA) is 57.7 Å². The lowest BCUT2D eigenvalue weighted by Crippen LogP contribution is -2.17. The molecule has 1 unspecified atom stereocenters. The number of ether oxygens (including phenoxy) is 3. The number of halogens is 4. The van der Waals surface area contributed by atoms with Crippen LogP contribution in [0.4, 0.5) is 8.78 Å². The normalized spacial score (nSPS) is 16.6. The van der Waals surface area contributed by atoms with Crippen LogP contribution in [-0.4, -0.2) is 36.7 Å². The summed E-state index contributed by atoms with van der Waals surface area (Å²) in [4.78, 5) is 16.6. The van der Waals surface area contributed by atoms with E-state index in [1.54, 1.807) is 0 Å². The molecule has 0 saturated carbocycles. The summed E-state index contributed by atoms with van der Waals surface area (Å²) in [5.41, 5.74) is 0.629. The molecular weight excluding hydrogens is 403 g/mol. The molecule has 0 radical (unpaired) electrons. The van der Waals surface area contributed by atoms with Gasteiger partial charge in [-0.3, -0.25) is 9.78 Å². The van der Waals surface area contributed by atoms with Gasteiger partial charge >= 0.3 is 6.61 Å². The van der Waals surface area contributed by atoms with Crippen LogP contribution in [0.25, 0.3) is 0 Å². The number of rotatable bonds is 7. The molecule has 1 aromatic carbocycles. The largest absolute Gasteiger partial charge is 0.484 e. The predicted octanol–water partition coefficient (Wildman–Crippen LogP) is 4.58. The smallest absolute Gasteiger partial charge is 0.387 e. The SMILES string of the molecule is O=C(Cc1ncc(Cl)cc1Cl)c1ccc(OC(F)F)c(OC2CCOC2)c1. The van der Waals surface area contributed by atoms with Crippen LogP contribution in [0.3, 0.4) is 0 Å². The number of carbonyl (C=O) groups excluding carboxylic acids is 1. The molecule has 27 heavy (non-hydrogen) atoms. The standard InChI is InChI=1S/C18H15Cl2F2NO4/c19-11-6-13(20)14(23-8-11)7-15(24)10-1-2-16(27-18(21)22)17(5-10)26-12-3-4-25-9-12/h1-2,5-6,8,12,18H,3-4,7,9H2. The molecular formula is C18H15Cl2F2NO4. The Balaban J connectivity index is 1.82. The van der Waals surface area contributed by atoms with E-state index in [9.17, 15) is 13.6 Å². The highest BCUT2D eigenvalue weighted by Gasteiger charge is 2.22. The van der Waals surface area contributed by atoms with Crippen molar-refractivity contribution in [3.05, 3.63) is 51.8 Å². The summed E-state index contributed by atoms with van der Waals surface area (Å²) in [5.74, 6) is -0.384. The summed E-state index contributed by atoms with van der Waals surface area (Å²) in [6.07, 6.45) is 1.65. The minimum Gasteiger partial charge on any atom is -0.484 e. The van der Waals surface area contributed by atoms with Gasteiger partial charge in [-0.1, -0.05) is 23.2 Å². The van der Waals surface area contributed by atoms with Crippen LogP contribution in [0.15, 0.2) is 30.5 Å². The molecule has 1 atom stereocenters. The van der Waals surface area contributed by atoms with Crippen molar-refractivity contribution in [2.75, 3.05) is 13.2 Å². The van der Waals surface area contributed by atoms with Crippen LogP contribution in [-0.2, 0) is 11.2 Å². The molecule has 3 rings (SSSR count). The van der Waals surface area contributed by atoms with Crippen molar-refractivity contribution in [2.45, 2.75) is 25.6 Å². The maximum atomic E-state index is 12.6. The first-order chi connectivity index (χ1) is 12.9. The third-order valence-electron chi connectivity index (χ3n) is 3.88. The van der Waals surface area contributed by atoms with Gasteiger partial charge in [-0.2, -0.15) is 8.78 Å². The Morgan fingerprint density at radius 1 is 1.30 bits per heavy atom. The predicted molar refractivity (Wildman–Crippen MR) is 95.2 cm³/mol. The number of Topliss-reactive ketones (excluding diaryl/α,β-unsaturated/α-hetero) is 1. The zero-order chi connectivity index (χ0) is 19.4. The lowest BCUT2D eigenvalue weighted by atomic mass is 10.1. The first kappa shape index (κ1) is 19.8. The lowest BCUT2D eigenvalue weighted by molar-refractivity contribution is -0.0521. The maximum absolute atomic E-state index is 12.6. The van der Waals surface area contributed by atoms with Gasteiger partial charge < -0.3 is 14.2 Å². The molecule has 1 fully saturated rings. The van der Waals surface area contributed by atoms with Crippen LogP contribution in [0.2, 0.25) is 10.0 Å². The van der Waals surface area contributed by atoms with Crippen LogP contribution in [0, 0.1) is 0 Å². The van der Waals surface area contributed by atoms with Gasteiger partial charge in [-0.05, 0) is 24.3 Å². The number of hydrogen-bond donors (Lipinski definition) is 0. The fourth-order valence-corrected chi connectivity index (χ4v) is 3.03. The Labute approximate surface area is 164 Å². The first-order valence-electron chi connectivity index (χ1n) is 8.08. The van der Waals surface area contributed by atoms with Gasteiger partial charge in [0.25, 0.3) is 0 Å². The minimum absolute atomic E-state index is 0.0619. The van der Waals surface area contributed by atoms with E-state index >= 15 is 0 Å². The van der Waals surface area contributed by atoms with Crippen LogP contribution >= 0.6 is 23.2 Å². The highest BCUT2D eigenvalue weighted by Crippen LogP contribution is 2.32. The van der Waals surface area contributed by atoms with E-state index in [1.807, 2.05) is 0 Å². The fraction of sp³-hybridized carbons (Fsp3) is 0.333. The summed E-state index contributed by atoms with van der Waals surface area (Å²) in [6, 6.07) is 5.54. The fourth-order valence-electron chi connectivity index (χ4n) is 2.58. The van der Waals surface area contributed by atoms with Gasteiger partial charge in [0.05, 0.1) is 35.4 Å². The van der Waals surface area contributed by atoms with Crippen molar-refractivity contribution in [3.63, 3.8) is 0 Å². The molecule has 9 heteroatoms. The van der Waals surface area contributed by atoms with E-state index in [4.69, 9.17) is 32.7 Å². The zero-order valence-electron chi connectivity index (χ0n) is 14.0. The number of alkyl halides is 2. The van der Waals surface area contributed by atoms with Crippen molar-refractivity contribution >= 4 is 29.0 Å². The molecule has 5 nitrogen and oxygen atoms in total. The van der Waals surface area contributed by atoms with E-state index in [0.29, 0.717) is 30.4 Å². The molecule has 1 aromatic heterocycles. The summed E-state index contributed by atoms with van der Waals surface area (Å²) >= 11 is 11.8. The van der Waals surface area contributed by atoms with E-state index in [-0.39, 0.29) is 40.4 Å². The number of benzene rings is 1. The number of pyridine rings is 1. The van der Waals surface area contributed by atoms with Gasteiger partial charge in [-0.25, -0.2) is 0 Å². The van der Waals surface area contributed by atoms with E-state index in [1.165, 1.54) is 30.5 Å². The Bertz CT molecular complexity index is 829. The summed E-state index contributed by atoms with van der Waals surface area (Å²) in [7, 11) is 0. The van der Waals surface area contributed by atoms with Crippen LogP contribution < -0.4 is 9.47 Å². The number of ketones is 1. The monoisotopic (exact) mass is 417 g/mol. The van der Waals surface area contributed by atoms with E-state index in [2.05, 4.69) is 9.72 Å². The molecule has 1 saturated heterocycles. The van der Waals surface area contributed by atoms with Crippen molar-refractivity contribution in [3.8, 4) is 11.5 Å². The average Bonchev–Trinajstić information content (AvgIpc) is 3.11. The number of hydrogen-bond acceptors (Lipinski definition) is 5. The second-order valence-corrected chi connectivity index (χ2v) is 6.67. The molecule has 2 aromatic rings. The lowest BCUT2D eigenvalue weighted by Gasteiger charge is -2.16. The maximum Gasteiger partial charge on any atom is 0.387 e. The van der Waals surface area contributed by atoms with Gasteiger partial charge in [0, 0.05) is 18.2 Å². The average molecular weight is 418 g/mol. The van der Waals surface area contributed by atoms with Gasteiger partial charge in [-0.15, -0.1) is 0 Å². The molecule has 1 aliphatic heterocycles. The number of aromatic nitrogens is 1. The Morgan fingerprint density at radius 3 is 2.78 bits per heavy atom. The van der Waals surface area contributed by atoms with Gasteiger partial charge in [0.15, 0.2) is 17.3 Å². The minimum atomic E-state index is -3.01. The number of nitrogens with zero attached hydrogens (tertiary/aromatic N) is 1.